The lowest BCUT2D eigenvalue weighted by atomic mass is 10.2. The predicted molar refractivity (Wildman–Crippen MR) is 81.4 cm³/mol. The van der Waals surface area contributed by atoms with Crippen molar-refractivity contribution in [3.63, 3.8) is 0 Å². The van der Waals surface area contributed by atoms with Gasteiger partial charge in [-0.3, -0.25) is 0 Å². The first kappa shape index (κ1) is 14.8. The third-order valence-corrected chi connectivity index (χ3v) is 3.72. The zero-order chi connectivity index (χ0) is 13.5. The highest BCUT2D eigenvalue weighted by molar-refractivity contribution is 9.10. The summed E-state index contributed by atoms with van der Waals surface area (Å²) in [6.07, 6.45) is 9.30. The number of unbranched alkanes of at least 4 members (excludes halogenated alkanes) is 3. The number of pyridine rings is 1. The van der Waals surface area contributed by atoms with Gasteiger partial charge >= 0.3 is 0 Å². The van der Waals surface area contributed by atoms with Crippen LogP contribution in [-0.4, -0.2) is 17.6 Å². The van der Waals surface area contributed by atoms with Crippen LogP contribution < -0.4 is 10.1 Å². The fraction of sp³-hybridized carbons (Fsp3) is 0.667. The van der Waals surface area contributed by atoms with E-state index < -0.39 is 0 Å². The molecule has 1 saturated carbocycles. The predicted octanol–water partition coefficient (Wildman–Crippen LogP) is 4.06. The Kier molecular flexibility index (Phi) is 6.11. The minimum Gasteiger partial charge on any atom is -0.477 e. The van der Waals surface area contributed by atoms with Gasteiger partial charge in [0.2, 0.25) is 5.88 Å². The smallest absolute Gasteiger partial charge is 0.217 e. The van der Waals surface area contributed by atoms with E-state index >= 15 is 0 Å². The van der Waals surface area contributed by atoms with Crippen molar-refractivity contribution in [1.29, 1.82) is 0 Å². The number of hydrogen-bond acceptors (Lipinski definition) is 3. The average Bonchev–Trinajstić information content (AvgIpc) is 3.22. The van der Waals surface area contributed by atoms with Gasteiger partial charge in [0.05, 0.1) is 6.61 Å². The molecule has 0 radical (unpaired) electrons. The van der Waals surface area contributed by atoms with E-state index in [-0.39, 0.29) is 0 Å². The van der Waals surface area contributed by atoms with Gasteiger partial charge in [-0.25, -0.2) is 4.98 Å². The van der Waals surface area contributed by atoms with Gasteiger partial charge in [0.25, 0.3) is 0 Å². The number of hydrogen-bond donors (Lipinski definition) is 1. The van der Waals surface area contributed by atoms with Crippen molar-refractivity contribution in [1.82, 2.24) is 10.3 Å². The van der Waals surface area contributed by atoms with Crippen molar-refractivity contribution in [2.45, 2.75) is 58.0 Å². The van der Waals surface area contributed by atoms with E-state index in [2.05, 4.69) is 39.2 Å². The quantitative estimate of drug-likeness (QED) is 0.695. The summed E-state index contributed by atoms with van der Waals surface area (Å²) in [5, 5.41) is 3.51. The zero-order valence-electron chi connectivity index (χ0n) is 11.6. The van der Waals surface area contributed by atoms with Crippen LogP contribution in [0.15, 0.2) is 16.7 Å². The Morgan fingerprint density at radius 2 is 2.21 bits per heavy atom. The van der Waals surface area contributed by atoms with Crippen LogP contribution in [-0.2, 0) is 6.54 Å². The SMILES string of the molecule is CCCCCCOc1ncc(Br)cc1CNC1CC1. The molecule has 0 aromatic carbocycles. The highest BCUT2D eigenvalue weighted by Crippen LogP contribution is 2.23. The fourth-order valence-electron chi connectivity index (χ4n) is 1.96. The maximum atomic E-state index is 5.82. The van der Waals surface area contributed by atoms with Crippen molar-refractivity contribution in [3.05, 3.63) is 22.3 Å². The molecule has 0 aliphatic heterocycles. The maximum Gasteiger partial charge on any atom is 0.217 e. The summed E-state index contributed by atoms with van der Waals surface area (Å²) in [5.41, 5.74) is 1.15. The van der Waals surface area contributed by atoms with E-state index in [9.17, 15) is 0 Å². The minimum atomic E-state index is 0.705. The van der Waals surface area contributed by atoms with Gasteiger partial charge in [-0.05, 0) is 41.3 Å². The molecule has 0 saturated heterocycles. The summed E-state index contributed by atoms with van der Waals surface area (Å²) >= 11 is 3.48. The van der Waals surface area contributed by atoms with Gasteiger partial charge in [0.15, 0.2) is 0 Å². The number of ether oxygens (including phenoxy) is 1. The topological polar surface area (TPSA) is 34.1 Å². The lowest BCUT2D eigenvalue weighted by molar-refractivity contribution is 0.290. The maximum absolute atomic E-state index is 5.82. The Labute approximate surface area is 124 Å². The summed E-state index contributed by atoms with van der Waals surface area (Å²) in [5.74, 6) is 0.785. The third kappa shape index (κ3) is 5.49. The second-order valence-corrected chi connectivity index (χ2v) is 6.10. The lowest BCUT2D eigenvalue weighted by Crippen LogP contribution is -2.16. The Hall–Kier alpha value is -0.610. The van der Waals surface area contributed by atoms with Crippen molar-refractivity contribution >= 4 is 15.9 Å². The highest BCUT2D eigenvalue weighted by Gasteiger charge is 2.20. The molecule has 19 heavy (non-hydrogen) atoms. The molecule has 1 aromatic rings. The Balaban J connectivity index is 1.82. The number of nitrogens with zero attached hydrogens (tertiary/aromatic N) is 1. The molecule has 0 atom stereocenters. The summed E-state index contributed by atoms with van der Waals surface area (Å²) in [6.45, 7) is 3.84. The molecule has 1 aliphatic carbocycles. The van der Waals surface area contributed by atoms with E-state index in [1.807, 2.05) is 6.20 Å². The largest absolute Gasteiger partial charge is 0.477 e. The number of halogens is 1. The Bertz CT molecular complexity index is 394. The van der Waals surface area contributed by atoms with Crippen LogP contribution in [0.1, 0.15) is 51.0 Å². The van der Waals surface area contributed by atoms with Crippen LogP contribution in [0.3, 0.4) is 0 Å². The summed E-state index contributed by atoms with van der Waals surface area (Å²) < 4.78 is 6.83. The molecule has 2 rings (SSSR count). The Morgan fingerprint density at radius 1 is 1.37 bits per heavy atom. The molecular formula is C15H23BrN2O. The standard InChI is InChI=1S/C15H23BrN2O/c1-2-3-4-5-8-19-15-12(9-13(16)11-18-15)10-17-14-6-7-14/h9,11,14,17H,2-8,10H2,1H3. The van der Waals surface area contributed by atoms with Gasteiger partial charge < -0.3 is 10.1 Å². The van der Waals surface area contributed by atoms with Crippen LogP contribution in [0, 0.1) is 0 Å². The van der Waals surface area contributed by atoms with Gasteiger partial charge in [-0.15, -0.1) is 0 Å². The second kappa shape index (κ2) is 7.85. The Morgan fingerprint density at radius 3 is 2.95 bits per heavy atom. The molecule has 1 aliphatic rings. The molecule has 106 valence electrons. The van der Waals surface area contributed by atoms with E-state index in [0.29, 0.717) is 6.04 Å². The number of aromatic nitrogens is 1. The van der Waals surface area contributed by atoms with E-state index in [1.54, 1.807) is 0 Å². The summed E-state index contributed by atoms with van der Waals surface area (Å²) in [4.78, 5) is 4.39. The first-order valence-corrected chi connectivity index (χ1v) is 8.09. The highest BCUT2D eigenvalue weighted by atomic mass is 79.9. The van der Waals surface area contributed by atoms with Crippen molar-refractivity contribution in [2.24, 2.45) is 0 Å². The van der Waals surface area contributed by atoms with E-state index in [1.165, 1.54) is 32.1 Å². The molecule has 0 bridgehead atoms. The monoisotopic (exact) mass is 326 g/mol. The van der Waals surface area contributed by atoms with Crippen molar-refractivity contribution in [2.75, 3.05) is 6.61 Å². The van der Waals surface area contributed by atoms with Gasteiger partial charge in [0.1, 0.15) is 0 Å². The van der Waals surface area contributed by atoms with Crippen molar-refractivity contribution in [3.8, 4) is 5.88 Å². The van der Waals surface area contributed by atoms with E-state index in [0.717, 1.165) is 35.5 Å². The number of rotatable bonds is 9. The molecule has 3 nitrogen and oxygen atoms in total. The summed E-state index contributed by atoms with van der Waals surface area (Å²) in [6, 6.07) is 2.81. The molecule has 0 unspecified atom stereocenters. The molecule has 1 N–H and O–H groups in total. The molecule has 4 heteroatoms. The molecule has 1 fully saturated rings. The van der Waals surface area contributed by atoms with Crippen molar-refractivity contribution < 1.29 is 4.74 Å². The normalized spacial score (nSPS) is 14.6. The zero-order valence-corrected chi connectivity index (χ0v) is 13.2. The third-order valence-electron chi connectivity index (χ3n) is 3.29. The van der Waals surface area contributed by atoms with E-state index in [4.69, 9.17) is 4.74 Å². The van der Waals surface area contributed by atoms with Crippen LogP contribution in [0.25, 0.3) is 0 Å². The summed E-state index contributed by atoms with van der Waals surface area (Å²) in [7, 11) is 0. The van der Waals surface area contributed by atoms with Crippen LogP contribution in [0.4, 0.5) is 0 Å². The molecule has 1 heterocycles. The number of nitrogens with one attached hydrogen (secondary N) is 1. The van der Waals surface area contributed by atoms with Crippen LogP contribution >= 0.6 is 15.9 Å². The van der Waals surface area contributed by atoms with Gasteiger partial charge in [-0.2, -0.15) is 0 Å². The average molecular weight is 327 g/mol. The molecule has 0 spiro atoms. The molecule has 1 aromatic heterocycles. The van der Waals surface area contributed by atoms with Crippen LogP contribution in [0.5, 0.6) is 5.88 Å². The van der Waals surface area contributed by atoms with Crippen LogP contribution in [0.2, 0.25) is 0 Å². The lowest BCUT2D eigenvalue weighted by Gasteiger charge is -2.11. The second-order valence-electron chi connectivity index (χ2n) is 5.18. The fourth-order valence-corrected chi connectivity index (χ4v) is 2.34. The van der Waals surface area contributed by atoms with Gasteiger partial charge in [0, 0.05) is 28.8 Å². The molecular weight excluding hydrogens is 304 g/mol. The first-order valence-electron chi connectivity index (χ1n) is 7.30. The minimum absolute atomic E-state index is 0.705. The van der Waals surface area contributed by atoms with Gasteiger partial charge in [-0.1, -0.05) is 26.2 Å². The first-order chi connectivity index (χ1) is 9.29. The molecule has 0 amide bonds.